The van der Waals surface area contributed by atoms with Crippen molar-refractivity contribution in [3.05, 3.63) is 72.9 Å². The van der Waals surface area contributed by atoms with Gasteiger partial charge in [0.2, 0.25) is 0 Å². The van der Waals surface area contributed by atoms with E-state index in [4.69, 9.17) is 0 Å². The minimum absolute atomic E-state index is 0.300. The summed E-state index contributed by atoms with van der Waals surface area (Å²) in [5.74, 6) is 0. The predicted molar refractivity (Wildman–Crippen MR) is 83.1 cm³/mol. The van der Waals surface area contributed by atoms with E-state index in [0.717, 1.165) is 6.54 Å². The maximum atomic E-state index is 3.98. The van der Waals surface area contributed by atoms with Gasteiger partial charge in [-0.3, -0.25) is 4.90 Å². The highest BCUT2D eigenvalue weighted by Gasteiger charge is 2.29. The van der Waals surface area contributed by atoms with E-state index in [1.165, 1.54) is 24.0 Å². The van der Waals surface area contributed by atoms with E-state index in [1.54, 1.807) is 0 Å². The van der Waals surface area contributed by atoms with Gasteiger partial charge in [0.25, 0.3) is 0 Å². The van der Waals surface area contributed by atoms with E-state index in [-0.39, 0.29) is 0 Å². The zero-order valence-electron chi connectivity index (χ0n) is 11.8. The third-order valence-electron chi connectivity index (χ3n) is 3.91. The molecule has 0 bridgehead atoms. The zero-order chi connectivity index (χ0) is 13.7. The fourth-order valence-corrected chi connectivity index (χ4v) is 2.96. The van der Waals surface area contributed by atoms with Crippen molar-refractivity contribution in [1.29, 1.82) is 0 Å². The van der Waals surface area contributed by atoms with Gasteiger partial charge in [-0.1, -0.05) is 61.7 Å². The molecule has 0 amide bonds. The van der Waals surface area contributed by atoms with Crippen molar-refractivity contribution in [2.24, 2.45) is 0 Å². The first-order valence-corrected chi connectivity index (χ1v) is 7.03. The molecule has 100 valence electrons. The van der Waals surface area contributed by atoms with Crippen LogP contribution in [0.25, 0.3) is 0 Å². The molecule has 0 radical (unpaired) electrons. The van der Waals surface area contributed by atoms with Crippen molar-refractivity contribution < 1.29 is 0 Å². The number of benzene rings is 1. The number of rotatable bonds is 5. The summed E-state index contributed by atoms with van der Waals surface area (Å²) in [7, 11) is 0. The van der Waals surface area contributed by atoms with Crippen LogP contribution in [0.5, 0.6) is 0 Å². The van der Waals surface area contributed by atoms with Crippen LogP contribution < -0.4 is 0 Å². The van der Waals surface area contributed by atoms with Gasteiger partial charge in [0.15, 0.2) is 0 Å². The van der Waals surface area contributed by atoms with Crippen molar-refractivity contribution >= 4 is 0 Å². The lowest BCUT2D eigenvalue weighted by atomic mass is 9.96. The molecule has 0 aliphatic carbocycles. The van der Waals surface area contributed by atoms with Crippen molar-refractivity contribution in [2.75, 3.05) is 6.54 Å². The Morgan fingerprint density at radius 1 is 1.32 bits per heavy atom. The summed E-state index contributed by atoms with van der Waals surface area (Å²) in [6.07, 6.45) is 8.46. The van der Waals surface area contributed by atoms with Crippen LogP contribution in [0.1, 0.15) is 31.4 Å². The minimum atomic E-state index is 0.300. The molecule has 1 saturated heterocycles. The molecule has 19 heavy (non-hydrogen) atoms. The fraction of sp³-hybridized carbons (Fsp3) is 0.333. The second kappa shape index (κ2) is 6.53. The summed E-state index contributed by atoms with van der Waals surface area (Å²) in [5, 5.41) is 0. The molecule has 2 rings (SSSR count). The molecule has 0 spiro atoms. The molecule has 1 aromatic carbocycles. The molecule has 1 heteroatoms. The standard InChI is InChI=1S/C18H23N/c1-4-10-16(5-2)18(17-12-7-6-8-13-17)19-14-9-11-15(19)3/h4-8,10,12-13,15,18H,1-2,9,11,14H2,3H3/b16-10+. The molecule has 2 unspecified atom stereocenters. The van der Waals surface area contributed by atoms with Gasteiger partial charge in [-0.2, -0.15) is 0 Å². The Morgan fingerprint density at radius 3 is 2.58 bits per heavy atom. The Hall–Kier alpha value is -1.60. The van der Waals surface area contributed by atoms with E-state index >= 15 is 0 Å². The van der Waals surface area contributed by atoms with E-state index in [0.29, 0.717) is 12.1 Å². The van der Waals surface area contributed by atoms with Gasteiger partial charge in [-0.05, 0) is 37.4 Å². The lowest BCUT2D eigenvalue weighted by Crippen LogP contribution is -2.32. The Morgan fingerprint density at radius 2 is 2.05 bits per heavy atom. The molecule has 1 heterocycles. The summed E-state index contributed by atoms with van der Waals surface area (Å²) in [5.41, 5.74) is 2.57. The van der Waals surface area contributed by atoms with E-state index in [2.05, 4.69) is 61.4 Å². The summed E-state index contributed by atoms with van der Waals surface area (Å²) < 4.78 is 0. The van der Waals surface area contributed by atoms with Crippen LogP contribution in [-0.2, 0) is 0 Å². The molecule has 1 fully saturated rings. The minimum Gasteiger partial charge on any atom is -0.290 e. The molecule has 1 aliphatic heterocycles. The highest BCUT2D eigenvalue weighted by Crippen LogP contribution is 2.34. The monoisotopic (exact) mass is 253 g/mol. The average molecular weight is 253 g/mol. The van der Waals surface area contributed by atoms with Crippen LogP contribution in [0.4, 0.5) is 0 Å². The Balaban J connectivity index is 2.41. The average Bonchev–Trinajstić information content (AvgIpc) is 2.86. The lowest BCUT2D eigenvalue weighted by molar-refractivity contribution is 0.219. The molecule has 2 atom stereocenters. The van der Waals surface area contributed by atoms with Gasteiger partial charge in [-0.15, -0.1) is 0 Å². The zero-order valence-corrected chi connectivity index (χ0v) is 11.8. The topological polar surface area (TPSA) is 3.24 Å². The molecule has 1 nitrogen and oxygen atoms in total. The lowest BCUT2D eigenvalue weighted by Gasteiger charge is -2.32. The first-order chi connectivity index (χ1) is 9.27. The Kier molecular flexibility index (Phi) is 4.75. The van der Waals surface area contributed by atoms with Crippen molar-refractivity contribution in [3.8, 4) is 0 Å². The second-order valence-electron chi connectivity index (χ2n) is 5.15. The van der Waals surface area contributed by atoms with Crippen LogP contribution in [0.2, 0.25) is 0 Å². The largest absolute Gasteiger partial charge is 0.290 e. The maximum Gasteiger partial charge on any atom is 0.0603 e. The Labute approximate surface area is 116 Å². The Bertz CT molecular complexity index is 458. The van der Waals surface area contributed by atoms with Gasteiger partial charge < -0.3 is 0 Å². The summed E-state index contributed by atoms with van der Waals surface area (Å²) in [6, 6.07) is 11.6. The summed E-state index contributed by atoms with van der Waals surface area (Å²) in [4.78, 5) is 2.58. The number of likely N-dealkylation sites (tertiary alicyclic amines) is 1. The summed E-state index contributed by atoms with van der Waals surface area (Å²) >= 11 is 0. The first kappa shape index (κ1) is 13.8. The van der Waals surface area contributed by atoms with Crippen LogP contribution in [0.15, 0.2) is 67.3 Å². The van der Waals surface area contributed by atoms with E-state index in [1.807, 2.05) is 12.2 Å². The molecular formula is C18H23N. The number of hydrogen-bond acceptors (Lipinski definition) is 1. The molecule has 0 N–H and O–H groups in total. The number of hydrogen-bond donors (Lipinski definition) is 0. The molecule has 1 aromatic rings. The van der Waals surface area contributed by atoms with E-state index in [9.17, 15) is 0 Å². The van der Waals surface area contributed by atoms with Crippen LogP contribution in [0.3, 0.4) is 0 Å². The third-order valence-corrected chi connectivity index (χ3v) is 3.91. The SMILES string of the molecule is C=C/C=C(\C=C)C(c1ccccc1)N1CCCC1C. The third kappa shape index (κ3) is 3.05. The smallest absolute Gasteiger partial charge is 0.0603 e. The van der Waals surface area contributed by atoms with Gasteiger partial charge in [0.05, 0.1) is 6.04 Å². The predicted octanol–water partition coefficient (Wildman–Crippen LogP) is 4.51. The van der Waals surface area contributed by atoms with Crippen LogP contribution in [-0.4, -0.2) is 17.5 Å². The van der Waals surface area contributed by atoms with Gasteiger partial charge >= 0.3 is 0 Å². The quantitative estimate of drug-likeness (QED) is 0.698. The van der Waals surface area contributed by atoms with Crippen molar-refractivity contribution in [3.63, 3.8) is 0 Å². The normalized spacial score (nSPS) is 22.2. The van der Waals surface area contributed by atoms with Crippen LogP contribution in [0, 0.1) is 0 Å². The number of allylic oxidation sites excluding steroid dienone is 2. The highest BCUT2D eigenvalue weighted by atomic mass is 15.2. The molecule has 1 aliphatic rings. The number of nitrogens with zero attached hydrogens (tertiary/aromatic N) is 1. The maximum absolute atomic E-state index is 3.98. The van der Waals surface area contributed by atoms with Gasteiger partial charge in [-0.25, -0.2) is 0 Å². The first-order valence-electron chi connectivity index (χ1n) is 7.03. The van der Waals surface area contributed by atoms with Crippen LogP contribution >= 0.6 is 0 Å². The fourth-order valence-electron chi connectivity index (χ4n) is 2.96. The second-order valence-corrected chi connectivity index (χ2v) is 5.15. The van der Waals surface area contributed by atoms with Gasteiger partial charge in [0, 0.05) is 6.04 Å². The highest BCUT2D eigenvalue weighted by molar-refractivity contribution is 5.36. The molecule has 0 aromatic heterocycles. The van der Waals surface area contributed by atoms with Crippen molar-refractivity contribution in [1.82, 2.24) is 4.90 Å². The summed E-state index contributed by atoms with van der Waals surface area (Å²) in [6.45, 7) is 11.3. The van der Waals surface area contributed by atoms with Crippen molar-refractivity contribution in [2.45, 2.75) is 31.8 Å². The molecule has 0 saturated carbocycles. The van der Waals surface area contributed by atoms with E-state index < -0.39 is 0 Å². The van der Waals surface area contributed by atoms with Gasteiger partial charge in [0.1, 0.15) is 0 Å². The molecular weight excluding hydrogens is 230 g/mol.